The van der Waals surface area contributed by atoms with Crippen LogP contribution in [0, 0.1) is 0 Å². The summed E-state index contributed by atoms with van der Waals surface area (Å²) in [6, 6.07) is 1.37. The smallest absolute Gasteiger partial charge is 0.266 e. The fourth-order valence-corrected chi connectivity index (χ4v) is 2.46. The molecule has 114 valence electrons. The van der Waals surface area contributed by atoms with Gasteiger partial charge >= 0.3 is 0 Å². The van der Waals surface area contributed by atoms with Crippen molar-refractivity contribution in [1.29, 1.82) is 0 Å². The number of carbonyl (C=O) groups excluding carboxylic acids is 1. The highest BCUT2D eigenvalue weighted by atomic mass is 35.5. The van der Waals surface area contributed by atoms with Gasteiger partial charge in [-0.1, -0.05) is 11.6 Å². The number of nitrogens with zero attached hydrogens (tertiary/aromatic N) is 3. The van der Waals surface area contributed by atoms with E-state index in [0.29, 0.717) is 31.0 Å². The molecule has 2 aromatic heterocycles. The highest BCUT2D eigenvalue weighted by Gasteiger charge is 2.28. The predicted octanol–water partition coefficient (Wildman–Crippen LogP) is 1.11. The van der Waals surface area contributed by atoms with Gasteiger partial charge in [0.05, 0.1) is 18.3 Å². The number of hydrogen-bond acceptors (Lipinski definition) is 5. The zero-order valence-corrected chi connectivity index (χ0v) is 12.3. The number of halogens is 1. The molecule has 1 saturated heterocycles. The molecule has 7 nitrogen and oxygen atoms in total. The van der Waals surface area contributed by atoms with Crippen LogP contribution < -0.4 is 10.3 Å². The first kappa shape index (κ1) is 14.5. The Morgan fingerprint density at radius 2 is 2.32 bits per heavy atom. The normalized spacial score (nSPS) is 17.5. The molecule has 1 atom stereocenters. The fraction of sp³-hybridized carbons (Fsp3) is 0.286. The van der Waals surface area contributed by atoms with Gasteiger partial charge in [0.25, 0.3) is 11.5 Å². The van der Waals surface area contributed by atoms with E-state index in [9.17, 15) is 9.59 Å². The zero-order chi connectivity index (χ0) is 15.5. The van der Waals surface area contributed by atoms with Crippen LogP contribution in [0.15, 0.2) is 35.6 Å². The minimum Gasteiger partial charge on any atom is -0.471 e. The molecule has 0 bridgehead atoms. The second-order valence-corrected chi connectivity index (χ2v) is 5.30. The molecule has 0 saturated carbocycles. The Kier molecular flexibility index (Phi) is 4.06. The number of nitrogens with one attached hydrogen (secondary N) is 1. The fourth-order valence-electron chi connectivity index (χ4n) is 2.29. The third-order valence-corrected chi connectivity index (χ3v) is 3.64. The average molecular weight is 321 g/mol. The molecule has 1 fully saturated rings. The van der Waals surface area contributed by atoms with Crippen molar-refractivity contribution < 1.29 is 9.53 Å². The van der Waals surface area contributed by atoms with E-state index in [4.69, 9.17) is 16.3 Å². The quantitative estimate of drug-likeness (QED) is 0.915. The summed E-state index contributed by atoms with van der Waals surface area (Å²) in [5.41, 5.74) is -0.0618. The van der Waals surface area contributed by atoms with Crippen molar-refractivity contribution in [1.82, 2.24) is 19.9 Å². The zero-order valence-electron chi connectivity index (χ0n) is 11.5. The maximum atomic E-state index is 12.4. The summed E-state index contributed by atoms with van der Waals surface area (Å²) < 4.78 is 5.68. The molecule has 0 aliphatic carbocycles. The van der Waals surface area contributed by atoms with Crippen LogP contribution in [0.4, 0.5) is 0 Å². The SMILES string of the molecule is O=C(c1c[nH]c(=O)c(Cl)c1)N1CC[C@@H](Oc2cnccn2)C1. The summed E-state index contributed by atoms with van der Waals surface area (Å²) in [5.74, 6) is 0.247. The largest absolute Gasteiger partial charge is 0.471 e. The summed E-state index contributed by atoms with van der Waals surface area (Å²) in [6.07, 6.45) is 6.60. The minimum absolute atomic E-state index is 0.00240. The molecule has 0 unspecified atom stereocenters. The number of rotatable bonds is 3. The number of H-pyrrole nitrogens is 1. The Morgan fingerprint density at radius 1 is 1.45 bits per heavy atom. The van der Waals surface area contributed by atoms with Gasteiger partial charge in [-0.25, -0.2) is 4.98 Å². The number of amides is 1. The third kappa shape index (κ3) is 3.09. The summed E-state index contributed by atoms with van der Waals surface area (Å²) in [7, 11) is 0. The number of pyridine rings is 1. The number of likely N-dealkylation sites (tertiary alicyclic amines) is 1. The summed E-state index contributed by atoms with van der Waals surface area (Å²) in [5, 5.41) is -0.00240. The topological polar surface area (TPSA) is 88.2 Å². The summed E-state index contributed by atoms with van der Waals surface area (Å²) >= 11 is 5.75. The monoisotopic (exact) mass is 320 g/mol. The van der Waals surface area contributed by atoms with Gasteiger partial charge in [-0.3, -0.25) is 14.6 Å². The van der Waals surface area contributed by atoms with E-state index in [-0.39, 0.29) is 17.0 Å². The lowest BCUT2D eigenvalue weighted by molar-refractivity contribution is 0.0770. The average Bonchev–Trinajstić information content (AvgIpc) is 2.99. The third-order valence-electron chi connectivity index (χ3n) is 3.36. The van der Waals surface area contributed by atoms with Gasteiger partial charge < -0.3 is 14.6 Å². The molecule has 1 aliphatic heterocycles. The predicted molar refractivity (Wildman–Crippen MR) is 79.0 cm³/mol. The van der Waals surface area contributed by atoms with Gasteiger partial charge in [0.15, 0.2) is 0 Å². The van der Waals surface area contributed by atoms with Crippen LogP contribution in [0.3, 0.4) is 0 Å². The molecule has 3 rings (SSSR count). The maximum Gasteiger partial charge on any atom is 0.266 e. The van der Waals surface area contributed by atoms with Crippen LogP contribution in [-0.4, -0.2) is 45.0 Å². The Hall–Kier alpha value is -2.41. The molecular weight excluding hydrogens is 308 g/mol. The van der Waals surface area contributed by atoms with Crippen molar-refractivity contribution in [3.8, 4) is 5.88 Å². The lowest BCUT2D eigenvalue weighted by Gasteiger charge is -2.16. The van der Waals surface area contributed by atoms with Crippen molar-refractivity contribution >= 4 is 17.5 Å². The molecule has 2 aromatic rings. The van der Waals surface area contributed by atoms with E-state index < -0.39 is 5.56 Å². The van der Waals surface area contributed by atoms with Crippen molar-refractivity contribution in [3.05, 3.63) is 51.8 Å². The molecule has 8 heteroatoms. The minimum atomic E-state index is -0.413. The van der Waals surface area contributed by atoms with Gasteiger partial charge in [-0.05, 0) is 6.07 Å². The van der Waals surface area contributed by atoms with E-state index in [1.807, 2.05) is 0 Å². The lowest BCUT2D eigenvalue weighted by atomic mass is 10.2. The summed E-state index contributed by atoms with van der Waals surface area (Å²) in [6.45, 7) is 1.02. The highest BCUT2D eigenvalue weighted by molar-refractivity contribution is 6.30. The molecular formula is C14H13ClN4O3. The van der Waals surface area contributed by atoms with Crippen LogP contribution >= 0.6 is 11.6 Å². The number of hydrogen-bond donors (Lipinski definition) is 1. The Bertz CT molecular complexity index is 734. The molecule has 22 heavy (non-hydrogen) atoms. The van der Waals surface area contributed by atoms with Crippen LogP contribution in [-0.2, 0) is 0 Å². The number of carbonyl (C=O) groups is 1. The van der Waals surface area contributed by atoms with Crippen molar-refractivity contribution in [2.45, 2.75) is 12.5 Å². The van der Waals surface area contributed by atoms with Gasteiger partial charge in [0.2, 0.25) is 5.88 Å². The van der Waals surface area contributed by atoms with E-state index in [1.165, 1.54) is 18.5 Å². The molecule has 0 spiro atoms. The second-order valence-electron chi connectivity index (χ2n) is 4.89. The van der Waals surface area contributed by atoms with E-state index in [1.54, 1.807) is 17.3 Å². The molecule has 1 amide bonds. The molecule has 1 N–H and O–H groups in total. The molecule has 3 heterocycles. The number of aromatic nitrogens is 3. The van der Waals surface area contributed by atoms with Crippen LogP contribution in [0.25, 0.3) is 0 Å². The maximum absolute atomic E-state index is 12.4. The lowest BCUT2D eigenvalue weighted by Crippen LogP contribution is -2.31. The second kappa shape index (κ2) is 6.15. The van der Waals surface area contributed by atoms with Gasteiger partial charge in [-0.15, -0.1) is 0 Å². The molecule has 0 radical (unpaired) electrons. The first-order chi connectivity index (χ1) is 10.6. The van der Waals surface area contributed by atoms with E-state index in [0.717, 1.165) is 0 Å². The van der Waals surface area contributed by atoms with Crippen LogP contribution in [0.1, 0.15) is 16.8 Å². The van der Waals surface area contributed by atoms with Crippen molar-refractivity contribution in [2.24, 2.45) is 0 Å². The standard InChI is InChI=1S/C14H13ClN4O3/c15-11-5-9(6-18-13(11)20)14(21)19-4-1-10(8-19)22-12-7-16-2-3-17-12/h2-3,5-7,10H,1,4,8H2,(H,18,20)/t10-/m1/s1. The number of aromatic amines is 1. The molecule has 0 aromatic carbocycles. The van der Waals surface area contributed by atoms with Crippen LogP contribution in [0.5, 0.6) is 5.88 Å². The van der Waals surface area contributed by atoms with E-state index in [2.05, 4.69) is 15.0 Å². The van der Waals surface area contributed by atoms with Gasteiger partial charge in [0, 0.05) is 31.6 Å². The Balaban J connectivity index is 1.65. The van der Waals surface area contributed by atoms with Crippen LogP contribution in [0.2, 0.25) is 5.02 Å². The Labute approximate surface area is 130 Å². The van der Waals surface area contributed by atoms with Crippen molar-refractivity contribution in [3.63, 3.8) is 0 Å². The van der Waals surface area contributed by atoms with Crippen molar-refractivity contribution in [2.75, 3.05) is 13.1 Å². The van der Waals surface area contributed by atoms with Gasteiger partial charge in [-0.2, -0.15) is 0 Å². The van der Waals surface area contributed by atoms with Gasteiger partial charge in [0.1, 0.15) is 11.1 Å². The highest BCUT2D eigenvalue weighted by Crippen LogP contribution is 2.18. The van der Waals surface area contributed by atoms with E-state index >= 15 is 0 Å². The Morgan fingerprint density at radius 3 is 3.05 bits per heavy atom. The first-order valence-corrected chi connectivity index (χ1v) is 7.11. The molecule has 1 aliphatic rings. The number of ether oxygens (including phenoxy) is 1. The summed E-state index contributed by atoms with van der Waals surface area (Å²) in [4.78, 5) is 35.7. The first-order valence-electron chi connectivity index (χ1n) is 6.73.